The number of rotatable bonds is 3. The summed E-state index contributed by atoms with van der Waals surface area (Å²) in [7, 11) is 0. The normalized spacial score (nSPS) is 12.4. The Morgan fingerprint density at radius 1 is 0.320 bits per heavy atom. The fourth-order valence-electron chi connectivity index (χ4n) is 7.58. The minimum Gasteiger partial charge on any atom is -0.166 e. The molecule has 0 aromatic heterocycles. The number of fused-ring (bicyclic) bond motifs is 4. The minimum atomic E-state index is -4.51. The van der Waals surface area contributed by atoms with Gasteiger partial charge >= 0.3 is 12.4 Å². The maximum atomic E-state index is 14.2. The van der Waals surface area contributed by atoms with Gasteiger partial charge in [-0.1, -0.05) is 121 Å². The van der Waals surface area contributed by atoms with E-state index in [0.717, 1.165) is 54.2 Å². The number of aryl methyl sites for hydroxylation is 2. The molecule has 0 saturated carbocycles. The second kappa shape index (κ2) is 11.5. The molecule has 0 bridgehead atoms. The van der Waals surface area contributed by atoms with Crippen molar-refractivity contribution in [2.75, 3.05) is 0 Å². The van der Waals surface area contributed by atoms with Crippen LogP contribution in [0.5, 0.6) is 0 Å². The first-order valence-corrected chi connectivity index (χ1v) is 16.2. The van der Waals surface area contributed by atoms with Crippen LogP contribution in [0.4, 0.5) is 26.3 Å². The summed E-state index contributed by atoms with van der Waals surface area (Å²) in [6.07, 6.45) is -9.02. The van der Waals surface area contributed by atoms with Crippen LogP contribution in [0.2, 0.25) is 0 Å². The lowest BCUT2D eigenvalue weighted by Crippen LogP contribution is -2.07. The maximum absolute atomic E-state index is 14.2. The average molecular weight is 671 g/mol. The zero-order valence-electron chi connectivity index (χ0n) is 27.0. The van der Waals surface area contributed by atoms with E-state index in [1.807, 2.05) is 97.1 Å². The van der Waals surface area contributed by atoms with Crippen LogP contribution in [0.25, 0.3) is 76.5 Å². The number of halogens is 6. The van der Waals surface area contributed by atoms with E-state index in [4.69, 9.17) is 0 Å². The highest BCUT2D eigenvalue weighted by Crippen LogP contribution is 2.50. The predicted molar refractivity (Wildman–Crippen MR) is 192 cm³/mol. The highest BCUT2D eigenvalue weighted by Gasteiger charge is 2.34. The summed E-state index contributed by atoms with van der Waals surface area (Å²) in [6.45, 7) is 2.93. The van der Waals surface area contributed by atoms with E-state index in [9.17, 15) is 26.3 Å². The van der Waals surface area contributed by atoms with Gasteiger partial charge in [-0.2, -0.15) is 26.3 Å². The Morgan fingerprint density at radius 2 is 0.560 bits per heavy atom. The van der Waals surface area contributed by atoms with Crippen molar-refractivity contribution in [1.82, 2.24) is 0 Å². The molecule has 0 radical (unpaired) electrons. The van der Waals surface area contributed by atoms with Crippen molar-refractivity contribution in [1.29, 1.82) is 0 Å². The lowest BCUT2D eigenvalue weighted by atomic mass is 9.80. The standard InChI is InChI=1S/C44H28F6/c1-25-19-21-27(23-37(25)43(45,46)47)39-29-11-3-7-15-33(29)41(34-16-8-4-12-30(34)39)42-35-17-9-5-13-31(35)40(32-14-6-10-18-36(32)42)28-22-20-26(2)38(24-28)44(48,49)50/h3-24H,1-2H3. The summed E-state index contributed by atoms with van der Waals surface area (Å²) in [5, 5.41) is 6.60. The van der Waals surface area contributed by atoms with Crippen LogP contribution in [0, 0.1) is 13.8 Å². The third-order valence-corrected chi connectivity index (χ3v) is 9.78. The molecule has 0 heterocycles. The van der Waals surface area contributed by atoms with Gasteiger partial charge in [-0.25, -0.2) is 0 Å². The van der Waals surface area contributed by atoms with E-state index < -0.39 is 23.5 Å². The van der Waals surface area contributed by atoms with E-state index in [1.54, 1.807) is 12.1 Å². The van der Waals surface area contributed by atoms with Crippen LogP contribution in [0.3, 0.4) is 0 Å². The molecular weight excluding hydrogens is 642 g/mol. The summed E-state index contributed by atoms with van der Waals surface area (Å²) in [5.74, 6) is 0. The summed E-state index contributed by atoms with van der Waals surface area (Å²) >= 11 is 0. The van der Waals surface area contributed by atoms with Crippen LogP contribution in [-0.4, -0.2) is 0 Å². The van der Waals surface area contributed by atoms with Gasteiger partial charge in [-0.05, 0) is 114 Å². The quantitative estimate of drug-likeness (QED) is 0.130. The molecular formula is C44H28F6. The number of hydrogen-bond donors (Lipinski definition) is 0. The minimum absolute atomic E-state index is 0.153. The smallest absolute Gasteiger partial charge is 0.166 e. The van der Waals surface area contributed by atoms with Crippen molar-refractivity contribution in [3.05, 3.63) is 156 Å². The van der Waals surface area contributed by atoms with Crippen LogP contribution >= 0.6 is 0 Å². The Labute approximate surface area is 284 Å². The summed E-state index contributed by atoms with van der Waals surface area (Å²) in [6, 6.07) is 40.0. The zero-order valence-corrected chi connectivity index (χ0v) is 27.0. The Bertz CT molecular complexity index is 2340. The molecule has 8 aromatic carbocycles. The van der Waals surface area contributed by atoms with E-state index in [0.29, 0.717) is 22.3 Å². The first kappa shape index (κ1) is 31.6. The highest BCUT2D eigenvalue weighted by atomic mass is 19.4. The predicted octanol–water partition coefficient (Wildman–Crippen LogP) is 14.0. The molecule has 0 nitrogen and oxygen atoms in total. The van der Waals surface area contributed by atoms with Gasteiger partial charge in [0.1, 0.15) is 0 Å². The van der Waals surface area contributed by atoms with E-state index >= 15 is 0 Å². The molecule has 8 aromatic rings. The third kappa shape index (κ3) is 5.01. The maximum Gasteiger partial charge on any atom is 0.416 e. The molecule has 8 rings (SSSR count). The molecule has 246 valence electrons. The molecule has 6 heteroatoms. The van der Waals surface area contributed by atoms with E-state index in [1.165, 1.54) is 38.1 Å². The van der Waals surface area contributed by atoms with Crippen LogP contribution in [0.1, 0.15) is 22.3 Å². The second-order valence-corrected chi connectivity index (χ2v) is 12.7. The van der Waals surface area contributed by atoms with Crippen molar-refractivity contribution in [2.45, 2.75) is 26.2 Å². The molecule has 0 spiro atoms. The average Bonchev–Trinajstić information content (AvgIpc) is 3.09. The van der Waals surface area contributed by atoms with Gasteiger partial charge in [0.05, 0.1) is 11.1 Å². The molecule has 0 saturated heterocycles. The Kier molecular flexibility index (Phi) is 7.26. The van der Waals surface area contributed by atoms with Crippen LogP contribution < -0.4 is 0 Å². The van der Waals surface area contributed by atoms with Gasteiger partial charge < -0.3 is 0 Å². The van der Waals surface area contributed by atoms with Crippen molar-refractivity contribution >= 4 is 43.1 Å². The van der Waals surface area contributed by atoms with Gasteiger partial charge in [0, 0.05) is 0 Å². The van der Waals surface area contributed by atoms with Gasteiger partial charge in [-0.15, -0.1) is 0 Å². The first-order valence-electron chi connectivity index (χ1n) is 16.2. The summed E-state index contributed by atoms with van der Waals surface area (Å²) < 4.78 is 84.9. The van der Waals surface area contributed by atoms with Crippen molar-refractivity contribution < 1.29 is 26.3 Å². The van der Waals surface area contributed by atoms with Crippen molar-refractivity contribution in [3.63, 3.8) is 0 Å². The molecule has 0 N–H and O–H groups in total. The Morgan fingerprint density at radius 3 is 0.800 bits per heavy atom. The van der Waals surface area contributed by atoms with Gasteiger partial charge in [0.15, 0.2) is 0 Å². The molecule has 0 aliphatic carbocycles. The first-order chi connectivity index (χ1) is 23.9. The second-order valence-electron chi connectivity index (χ2n) is 12.7. The van der Waals surface area contributed by atoms with Gasteiger partial charge in [0.25, 0.3) is 0 Å². The van der Waals surface area contributed by atoms with Crippen molar-refractivity contribution in [2.24, 2.45) is 0 Å². The highest BCUT2D eigenvalue weighted by molar-refractivity contribution is 6.29. The van der Waals surface area contributed by atoms with Crippen LogP contribution in [0.15, 0.2) is 133 Å². The lowest BCUT2D eigenvalue weighted by Gasteiger charge is -2.23. The fraction of sp³-hybridized carbons (Fsp3) is 0.0909. The summed E-state index contributed by atoms with van der Waals surface area (Å²) in [4.78, 5) is 0. The molecule has 0 aliphatic rings. The molecule has 0 amide bonds. The number of hydrogen-bond acceptors (Lipinski definition) is 0. The monoisotopic (exact) mass is 670 g/mol. The Balaban J connectivity index is 1.53. The molecule has 0 atom stereocenters. The SMILES string of the molecule is Cc1ccc(-c2c3ccccc3c(-c3c4ccccc4c(-c4ccc(C)c(C(F)(F)F)c4)c4ccccc34)c3ccccc23)cc1C(F)(F)F. The van der Waals surface area contributed by atoms with E-state index in [2.05, 4.69) is 0 Å². The topological polar surface area (TPSA) is 0 Å². The fourth-order valence-corrected chi connectivity index (χ4v) is 7.58. The van der Waals surface area contributed by atoms with Crippen LogP contribution in [-0.2, 0) is 12.4 Å². The Hall–Kier alpha value is -5.62. The molecule has 0 aliphatic heterocycles. The van der Waals surface area contributed by atoms with Crippen molar-refractivity contribution in [3.8, 4) is 33.4 Å². The van der Waals surface area contributed by atoms with Gasteiger partial charge in [-0.3, -0.25) is 0 Å². The largest absolute Gasteiger partial charge is 0.416 e. The van der Waals surface area contributed by atoms with E-state index in [-0.39, 0.29) is 11.1 Å². The molecule has 0 unspecified atom stereocenters. The number of alkyl halides is 6. The number of benzene rings is 8. The zero-order chi connectivity index (χ0) is 34.9. The summed E-state index contributed by atoms with van der Waals surface area (Å²) in [5.41, 5.74) is 3.10. The van der Waals surface area contributed by atoms with Gasteiger partial charge in [0.2, 0.25) is 0 Å². The third-order valence-electron chi connectivity index (χ3n) is 9.78. The molecule has 0 fully saturated rings. The molecule has 50 heavy (non-hydrogen) atoms. The lowest BCUT2D eigenvalue weighted by molar-refractivity contribution is -0.138.